The molecule has 2 rings (SSSR count). The lowest BCUT2D eigenvalue weighted by atomic mass is 9.74. The molecule has 2 N–H and O–H groups in total. The molecule has 1 aliphatic rings. The molecule has 0 unspecified atom stereocenters. The Labute approximate surface area is 151 Å². The number of nitrogens with zero attached hydrogens (tertiary/aromatic N) is 3. The van der Waals surface area contributed by atoms with Crippen LogP contribution in [0.1, 0.15) is 37.7 Å². The van der Waals surface area contributed by atoms with Crippen molar-refractivity contribution in [2.24, 2.45) is 10.9 Å². The number of thiocarbonyl (C=S) groups is 1. The van der Waals surface area contributed by atoms with E-state index in [1.807, 2.05) is 19.1 Å². The van der Waals surface area contributed by atoms with Gasteiger partial charge in [0.2, 0.25) is 0 Å². The second-order valence-electron chi connectivity index (χ2n) is 6.08. The van der Waals surface area contributed by atoms with E-state index >= 15 is 0 Å². The van der Waals surface area contributed by atoms with Crippen molar-refractivity contribution >= 4 is 29.2 Å². The van der Waals surface area contributed by atoms with E-state index in [0.717, 1.165) is 12.0 Å². The number of aromatic nitrogens is 1. The standard InChI is InChI=1S/C17H20N4O3S/c1-11-7-12(13-3-5-19-9-15(13)20-10-25)8-14(21-17(22)23)16(11)24-6-2-4-18/h3,5,9,11-12,14,16,21H,2,6-8H2,1H3,(H,22,23)/t11-,12-,14+,16+/m0/s1. The minimum absolute atomic E-state index is 0.104. The molecule has 0 saturated heterocycles. The number of isothiocyanates is 1. The Bertz CT molecular complexity index is 699. The first-order valence-electron chi connectivity index (χ1n) is 8.06. The minimum atomic E-state index is -1.08. The lowest BCUT2D eigenvalue weighted by Crippen LogP contribution is -2.51. The summed E-state index contributed by atoms with van der Waals surface area (Å²) in [6, 6.07) is 3.56. The molecular weight excluding hydrogens is 340 g/mol. The second-order valence-corrected chi connectivity index (χ2v) is 6.27. The van der Waals surface area contributed by atoms with Gasteiger partial charge in [-0.15, -0.1) is 0 Å². The van der Waals surface area contributed by atoms with E-state index in [4.69, 9.17) is 27.3 Å². The maximum atomic E-state index is 11.2. The Morgan fingerprint density at radius 2 is 2.40 bits per heavy atom. The molecule has 0 radical (unpaired) electrons. The number of rotatable bonds is 6. The molecule has 0 bridgehead atoms. The first kappa shape index (κ1) is 19.0. The molecule has 0 spiro atoms. The van der Waals surface area contributed by atoms with Gasteiger partial charge in [-0.25, -0.2) is 4.79 Å². The smallest absolute Gasteiger partial charge is 0.404 e. The SMILES string of the molecule is C[C@H]1C[C@H](c2ccncc2N=C=S)C[C@@H](NC(=O)O)[C@@H]1OCCC#N. The van der Waals surface area contributed by atoms with Crippen molar-refractivity contribution in [3.05, 3.63) is 24.0 Å². The highest BCUT2D eigenvalue weighted by Crippen LogP contribution is 2.40. The molecule has 1 aliphatic carbocycles. The van der Waals surface area contributed by atoms with Gasteiger partial charge in [0.15, 0.2) is 0 Å². The number of nitriles is 1. The predicted molar refractivity (Wildman–Crippen MR) is 95.0 cm³/mol. The molecule has 1 heterocycles. The van der Waals surface area contributed by atoms with Crippen LogP contribution in [0.25, 0.3) is 0 Å². The summed E-state index contributed by atoms with van der Waals surface area (Å²) in [5, 5.41) is 22.8. The molecule has 1 saturated carbocycles. The topological polar surface area (TPSA) is 108 Å². The van der Waals surface area contributed by atoms with E-state index < -0.39 is 6.09 Å². The average Bonchev–Trinajstić information content (AvgIpc) is 2.57. The van der Waals surface area contributed by atoms with Gasteiger partial charge in [-0.05, 0) is 48.5 Å². The zero-order valence-corrected chi connectivity index (χ0v) is 14.7. The maximum absolute atomic E-state index is 11.2. The monoisotopic (exact) mass is 360 g/mol. The Morgan fingerprint density at radius 1 is 1.60 bits per heavy atom. The van der Waals surface area contributed by atoms with Crippen molar-refractivity contribution in [1.29, 1.82) is 5.26 Å². The first-order chi connectivity index (χ1) is 12.1. The molecule has 25 heavy (non-hydrogen) atoms. The van der Waals surface area contributed by atoms with Crippen molar-refractivity contribution in [2.75, 3.05) is 6.61 Å². The largest absolute Gasteiger partial charge is 0.465 e. The number of aliphatic imine (C=N–C) groups is 1. The van der Waals surface area contributed by atoms with Crippen molar-refractivity contribution in [3.8, 4) is 6.07 Å². The molecule has 0 aliphatic heterocycles. The van der Waals surface area contributed by atoms with Gasteiger partial charge in [0, 0.05) is 6.20 Å². The minimum Gasteiger partial charge on any atom is -0.465 e. The molecule has 0 aromatic carbocycles. The number of nitrogens with one attached hydrogen (secondary N) is 1. The Morgan fingerprint density at radius 3 is 3.08 bits per heavy atom. The third-order valence-electron chi connectivity index (χ3n) is 4.42. The van der Waals surface area contributed by atoms with Crippen LogP contribution in [0.2, 0.25) is 0 Å². The van der Waals surface area contributed by atoms with Crippen LogP contribution in [0.15, 0.2) is 23.5 Å². The van der Waals surface area contributed by atoms with Crippen LogP contribution in [-0.2, 0) is 4.74 Å². The van der Waals surface area contributed by atoms with Crippen molar-refractivity contribution in [3.63, 3.8) is 0 Å². The van der Waals surface area contributed by atoms with Gasteiger partial charge in [0.25, 0.3) is 0 Å². The van der Waals surface area contributed by atoms with Crippen LogP contribution in [0, 0.1) is 17.2 Å². The van der Waals surface area contributed by atoms with Crippen LogP contribution in [0.5, 0.6) is 0 Å². The molecule has 132 valence electrons. The van der Waals surface area contributed by atoms with E-state index in [0.29, 0.717) is 18.7 Å². The first-order valence-corrected chi connectivity index (χ1v) is 8.47. The highest BCUT2D eigenvalue weighted by Gasteiger charge is 2.38. The molecule has 1 fully saturated rings. The second kappa shape index (κ2) is 9.23. The summed E-state index contributed by atoms with van der Waals surface area (Å²) in [6.45, 7) is 2.33. The normalized spacial score (nSPS) is 25.4. The quantitative estimate of drug-likeness (QED) is 0.458. The van der Waals surface area contributed by atoms with Gasteiger partial charge >= 0.3 is 6.09 Å². The lowest BCUT2D eigenvalue weighted by Gasteiger charge is -2.40. The van der Waals surface area contributed by atoms with Crippen molar-refractivity contribution < 1.29 is 14.6 Å². The zero-order valence-electron chi connectivity index (χ0n) is 13.9. The highest BCUT2D eigenvalue weighted by atomic mass is 32.1. The van der Waals surface area contributed by atoms with Crippen LogP contribution < -0.4 is 5.32 Å². The Balaban J connectivity index is 2.23. The van der Waals surface area contributed by atoms with Crippen LogP contribution in [-0.4, -0.2) is 40.1 Å². The third kappa shape index (κ3) is 5.07. The van der Waals surface area contributed by atoms with Crippen molar-refractivity contribution in [1.82, 2.24) is 10.3 Å². The van der Waals surface area contributed by atoms with E-state index in [-0.39, 0.29) is 30.4 Å². The fourth-order valence-corrected chi connectivity index (χ4v) is 3.57. The van der Waals surface area contributed by atoms with Gasteiger partial charge in [-0.3, -0.25) is 4.98 Å². The predicted octanol–water partition coefficient (Wildman–Crippen LogP) is 3.26. The summed E-state index contributed by atoms with van der Waals surface area (Å²) in [7, 11) is 0. The summed E-state index contributed by atoms with van der Waals surface area (Å²) in [6.07, 6.45) is 3.66. The van der Waals surface area contributed by atoms with Gasteiger partial charge in [0.1, 0.15) is 0 Å². The molecule has 4 atom stereocenters. The molecule has 1 aromatic rings. The molecule has 8 heteroatoms. The fourth-order valence-electron chi connectivity index (χ4n) is 3.48. The third-order valence-corrected chi connectivity index (χ3v) is 4.52. The van der Waals surface area contributed by atoms with Gasteiger partial charge < -0.3 is 15.2 Å². The number of ether oxygens (including phenoxy) is 1. The number of carbonyl (C=O) groups is 1. The molecular formula is C17H20N4O3S. The Kier molecular flexibility index (Phi) is 7.02. The van der Waals surface area contributed by atoms with Gasteiger partial charge in [-0.2, -0.15) is 10.3 Å². The van der Waals surface area contributed by atoms with E-state index in [1.165, 1.54) is 0 Å². The number of carboxylic acid groups (broad SMARTS) is 1. The lowest BCUT2D eigenvalue weighted by molar-refractivity contribution is -0.0280. The number of hydrogen-bond acceptors (Lipinski definition) is 6. The Hall–Kier alpha value is -2.33. The van der Waals surface area contributed by atoms with E-state index in [9.17, 15) is 4.79 Å². The molecule has 1 amide bonds. The molecule has 7 nitrogen and oxygen atoms in total. The summed E-state index contributed by atoms with van der Waals surface area (Å²) in [5.41, 5.74) is 1.64. The number of hydrogen-bond donors (Lipinski definition) is 2. The summed E-state index contributed by atoms with van der Waals surface area (Å²) in [5.74, 6) is 0.222. The summed E-state index contributed by atoms with van der Waals surface area (Å²) in [4.78, 5) is 19.3. The van der Waals surface area contributed by atoms with Crippen molar-refractivity contribution in [2.45, 2.75) is 44.2 Å². The van der Waals surface area contributed by atoms with Gasteiger partial charge in [-0.1, -0.05) is 6.92 Å². The zero-order chi connectivity index (χ0) is 18.2. The summed E-state index contributed by atoms with van der Waals surface area (Å²) < 4.78 is 5.80. The fraction of sp³-hybridized carbons (Fsp3) is 0.529. The maximum Gasteiger partial charge on any atom is 0.404 e. The van der Waals surface area contributed by atoms with Gasteiger partial charge in [0.05, 0.1) is 48.3 Å². The summed E-state index contributed by atoms with van der Waals surface area (Å²) >= 11 is 4.70. The number of amides is 1. The number of pyridine rings is 1. The van der Waals surface area contributed by atoms with Crippen LogP contribution in [0.3, 0.4) is 0 Å². The van der Waals surface area contributed by atoms with E-state index in [1.54, 1.807) is 12.4 Å². The van der Waals surface area contributed by atoms with Crippen LogP contribution in [0.4, 0.5) is 10.5 Å². The van der Waals surface area contributed by atoms with E-state index in [2.05, 4.69) is 20.5 Å². The molecule has 1 aromatic heterocycles. The highest BCUT2D eigenvalue weighted by molar-refractivity contribution is 7.78. The van der Waals surface area contributed by atoms with Crippen LogP contribution >= 0.6 is 12.2 Å². The average molecular weight is 360 g/mol.